The number of benzene rings is 1. The van der Waals surface area contributed by atoms with Crippen LogP contribution in [-0.2, 0) is 4.74 Å². The van der Waals surface area contributed by atoms with Crippen LogP contribution in [-0.4, -0.2) is 11.7 Å². The lowest BCUT2D eigenvalue weighted by molar-refractivity contribution is 0.259. The molecular weight excluding hydrogens is 344 g/mol. The summed E-state index contributed by atoms with van der Waals surface area (Å²) < 4.78 is 6.31. The van der Waals surface area contributed by atoms with E-state index in [9.17, 15) is 5.11 Å². The van der Waals surface area contributed by atoms with Gasteiger partial charge in [0, 0.05) is 5.56 Å². The lowest BCUT2D eigenvalue weighted by Crippen LogP contribution is -2.09. The van der Waals surface area contributed by atoms with Crippen molar-refractivity contribution in [2.45, 2.75) is 98.8 Å². The molecule has 0 aliphatic heterocycles. The number of aromatic hydroxyl groups is 1. The van der Waals surface area contributed by atoms with Gasteiger partial charge in [0.2, 0.25) is 0 Å². The molecule has 1 aromatic carbocycles. The quantitative estimate of drug-likeness (QED) is 0.241. The molecule has 28 heavy (non-hydrogen) atoms. The van der Waals surface area contributed by atoms with Crippen LogP contribution < -0.4 is 0 Å². The Morgan fingerprint density at radius 2 is 1.36 bits per heavy atom. The molecule has 0 unspecified atom stereocenters. The highest BCUT2D eigenvalue weighted by atomic mass is 16.5. The standard InChI is InChI=1S/C26H44O2/c1-6-7-8-9-10-11-12-13-14-15-19-28-26(25(21(2)3)22(4)5)23-17-16-18-24(27)20-23/h16-18,20-22,27H,6-15,19H2,1-5H3. The number of unbranched alkanes of at least 4 members (excludes halogenated alkanes) is 9. The van der Waals surface area contributed by atoms with Crippen molar-refractivity contribution >= 4 is 5.76 Å². The van der Waals surface area contributed by atoms with Crippen LogP contribution in [0.25, 0.3) is 5.76 Å². The topological polar surface area (TPSA) is 29.5 Å². The fourth-order valence-corrected chi connectivity index (χ4v) is 3.94. The van der Waals surface area contributed by atoms with Gasteiger partial charge in [0.1, 0.15) is 11.5 Å². The van der Waals surface area contributed by atoms with E-state index < -0.39 is 0 Å². The second-order valence-electron chi connectivity index (χ2n) is 8.67. The Morgan fingerprint density at radius 1 is 0.821 bits per heavy atom. The fourth-order valence-electron chi connectivity index (χ4n) is 3.94. The van der Waals surface area contributed by atoms with Crippen molar-refractivity contribution in [1.29, 1.82) is 0 Å². The third-order valence-electron chi connectivity index (χ3n) is 5.36. The van der Waals surface area contributed by atoms with Crippen LogP contribution in [0.4, 0.5) is 0 Å². The number of ether oxygens (including phenoxy) is 1. The molecule has 0 spiro atoms. The normalized spacial score (nSPS) is 11.2. The Kier molecular flexibility index (Phi) is 12.8. The van der Waals surface area contributed by atoms with Gasteiger partial charge in [-0.3, -0.25) is 0 Å². The van der Waals surface area contributed by atoms with Crippen LogP contribution in [0, 0.1) is 11.8 Å². The van der Waals surface area contributed by atoms with Crippen molar-refractivity contribution in [3.63, 3.8) is 0 Å². The molecule has 2 nitrogen and oxygen atoms in total. The molecule has 0 heterocycles. The lowest BCUT2D eigenvalue weighted by Gasteiger charge is -2.22. The Bertz CT molecular complexity index is 547. The molecule has 0 amide bonds. The predicted molar refractivity (Wildman–Crippen MR) is 122 cm³/mol. The zero-order valence-corrected chi connectivity index (χ0v) is 19.1. The van der Waals surface area contributed by atoms with E-state index in [4.69, 9.17) is 4.74 Å². The minimum Gasteiger partial charge on any atom is -0.508 e. The summed E-state index contributed by atoms with van der Waals surface area (Å²) in [7, 11) is 0. The summed E-state index contributed by atoms with van der Waals surface area (Å²) in [5, 5.41) is 9.90. The molecule has 160 valence electrons. The molecule has 0 saturated carbocycles. The molecule has 1 N–H and O–H groups in total. The van der Waals surface area contributed by atoms with E-state index in [1.807, 2.05) is 18.2 Å². The first-order valence-electron chi connectivity index (χ1n) is 11.6. The highest BCUT2D eigenvalue weighted by Crippen LogP contribution is 2.32. The van der Waals surface area contributed by atoms with E-state index in [0.717, 1.165) is 24.4 Å². The van der Waals surface area contributed by atoms with Crippen molar-refractivity contribution in [1.82, 2.24) is 0 Å². The summed E-state index contributed by atoms with van der Waals surface area (Å²) in [4.78, 5) is 0. The summed E-state index contributed by atoms with van der Waals surface area (Å²) in [6.45, 7) is 11.9. The Morgan fingerprint density at radius 3 is 1.86 bits per heavy atom. The van der Waals surface area contributed by atoms with Crippen LogP contribution in [0.3, 0.4) is 0 Å². The number of phenols is 1. The van der Waals surface area contributed by atoms with E-state index in [2.05, 4.69) is 34.6 Å². The van der Waals surface area contributed by atoms with Gasteiger partial charge in [-0.25, -0.2) is 0 Å². The van der Waals surface area contributed by atoms with Crippen molar-refractivity contribution in [3.05, 3.63) is 35.4 Å². The first-order valence-corrected chi connectivity index (χ1v) is 11.6. The summed E-state index contributed by atoms with van der Waals surface area (Å²) in [6, 6.07) is 7.47. The molecule has 0 atom stereocenters. The van der Waals surface area contributed by atoms with E-state index in [0.29, 0.717) is 17.6 Å². The number of hydrogen-bond acceptors (Lipinski definition) is 2. The lowest BCUT2D eigenvalue weighted by atomic mass is 9.89. The smallest absolute Gasteiger partial charge is 0.126 e. The largest absolute Gasteiger partial charge is 0.508 e. The SMILES string of the molecule is CCCCCCCCCCCCOC(=C(C(C)C)C(C)C)c1cccc(O)c1. The average molecular weight is 389 g/mol. The van der Waals surface area contributed by atoms with E-state index >= 15 is 0 Å². The van der Waals surface area contributed by atoms with Gasteiger partial charge in [-0.2, -0.15) is 0 Å². The highest BCUT2D eigenvalue weighted by molar-refractivity contribution is 5.65. The van der Waals surface area contributed by atoms with Crippen LogP contribution >= 0.6 is 0 Å². The molecule has 1 rings (SSSR count). The molecule has 0 radical (unpaired) electrons. The number of allylic oxidation sites excluding steroid dienone is 1. The van der Waals surface area contributed by atoms with Gasteiger partial charge >= 0.3 is 0 Å². The summed E-state index contributed by atoms with van der Waals surface area (Å²) in [5.74, 6) is 2.11. The van der Waals surface area contributed by atoms with Crippen molar-refractivity contribution in [2.75, 3.05) is 6.61 Å². The minimum absolute atomic E-state index is 0.296. The Balaban J connectivity index is 2.48. The number of phenolic OH excluding ortho intramolecular Hbond substituents is 1. The van der Waals surface area contributed by atoms with Crippen LogP contribution in [0.1, 0.15) is 104 Å². The second kappa shape index (κ2) is 14.5. The van der Waals surface area contributed by atoms with Crippen molar-refractivity contribution in [2.24, 2.45) is 11.8 Å². The van der Waals surface area contributed by atoms with Gasteiger partial charge in [-0.15, -0.1) is 0 Å². The van der Waals surface area contributed by atoms with E-state index in [1.54, 1.807) is 6.07 Å². The van der Waals surface area contributed by atoms with Gasteiger partial charge in [-0.05, 0) is 36.0 Å². The van der Waals surface area contributed by atoms with E-state index in [1.165, 1.54) is 63.4 Å². The summed E-state index contributed by atoms with van der Waals surface area (Å²) in [6.07, 6.45) is 13.3. The third kappa shape index (κ3) is 9.66. The average Bonchev–Trinajstić information content (AvgIpc) is 2.64. The maximum atomic E-state index is 9.90. The van der Waals surface area contributed by atoms with Crippen molar-refractivity contribution < 1.29 is 9.84 Å². The van der Waals surface area contributed by atoms with Crippen molar-refractivity contribution in [3.8, 4) is 5.75 Å². The van der Waals surface area contributed by atoms with Crippen LogP contribution in [0.15, 0.2) is 29.8 Å². The predicted octanol–water partition coefficient (Wildman–Crippen LogP) is 8.35. The molecule has 0 saturated heterocycles. The summed E-state index contributed by atoms with van der Waals surface area (Å²) in [5.41, 5.74) is 2.32. The monoisotopic (exact) mass is 388 g/mol. The van der Waals surface area contributed by atoms with Crippen LogP contribution in [0.2, 0.25) is 0 Å². The minimum atomic E-state index is 0.296. The third-order valence-corrected chi connectivity index (χ3v) is 5.36. The van der Waals surface area contributed by atoms with Gasteiger partial charge in [-0.1, -0.05) is 105 Å². The first kappa shape index (κ1) is 24.6. The molecule has 0 aromatic heterocycles. The number of hydrogen-bond donors (Lipinski definition) is 1. The van der Waals surface area contributed by atoms with Gasteiger partial charge in [0.15, 0.2) is 0 Å². The Labute approximate surface area is 174 Å². The molecule has 0 bridgehead atoms. The molecular formula is C26H44O2. The maximum Gasteiger partial charge on any atom is 0.126 e. The molecule has 2 heteroatoms. The zero-order valence-electron chi connectivity index (χ0n) is 19.1. The van der Waals surface area contributed by atoms with Crippen LogP contribution in [0.5, 0.6) is 5.75 Å². The van der Waals surface area contributed by atoms with E-state index in [-0.39, 0.29) is 0 Å². The fraction of sp³-hybridized carbons (Fsp3) is 0.692. The van der Waals surface area contributed by atoms with Gasteiger partial charge in [0.25, 0.3) is 0 Å². The number of rotatable bonds is 15. The van der Waals surface area contributed by atoms with Gasteiger partial charge < -0.3 is 9.84 Å². The molecule has 0 fully saturated rings. The second-order valence-corrected chi connectivity index (χ2v) is 8.67. The molecule has 1 aromatic rings. The Hall–Kier alpha value is -1.44. The zero-order chi connectivity index (χ0) is 20.8. The molecule has 0 aliphatic rings. The maximum absolute atomic E-state index is 9.90. The molecule has 0 aliphatic carbocycles. The van der Waals surface area contributed by atoms with Gasteiger partial charge in [0.05, 0.1) is 6.61 Å². The highest BCUT2D eigenvalue weighted by Gasteiger charge is 2.18. The summed E-state index contributed by atoms with van der Waals surface area (Å²) >= 11 is 0. The first-order chi connectivity index (χ1) is 13.5.